The summed E-state index contributed by atoms with van der Waals surface area (Å²) in [5.74, 6) is 0. The number of hydrogen-bond donors (Lipinski definition) is 2. The van der Waals surface area contributed by atoms with Crippen LogP contribution in [0.1, 0.15) is 56.6 Å². The highest BCUT2D eigenvalue weighted by molar-refractivity contribution is 5.29. The van der Waals surface area contributed by atoms with Crippen LogP contribution in [-0.2, 0) is 5.41 Å². The molecule has 1 rings (SSSR count). The molecule has 108 valence electrons. The van der Waals surface area contributed by atoms with Gasteiger partial charge >= 0.3 is 0 Å². The molecular formula is C17H29NO. The molecule has 2 nitrogen and oxygen atoms in total. The Bertz CT molecular complexity index is 341. The van der Waals surface area contributed by atoms with Crippen LogP contribution in [0.2, 0.25) is 0 Å². The number of nitrogens with two attached hydrogens (primary N) is 1. The largest absolute Gasteiger partial charge is 0.395 e. The molecule has 0 radical (unpaired) electrons. The number of hydrogen-bond acceptors (Lipinski definition) is 2. The van der Waals surface area contributed by atoms with Gasteiger partial charge in [-0.05, 0) is 18.9 Å². The van der Waals surface area contributed by atoms with Crippen LogP contribution in [-0.4, -0.2) is 18.3 Å². The summed E-state index contributed by atoms with van der Waals surface area (Å²) in [7, 11) is 0. The molecule has 2 heteroatoms. The van der Waals surface area contributed by atoms with E-state index in [4.69, 9.17) is 5.73 Å². The molecule has 0 saturated heterocycles. The van der Waals surface area contributed by atoms with Gasteiger partial charge in [-0.15, -0.1) is 0 Å². The molecule has 1 aromatic rings. The number of aryl methyl sites for hydroxylation is 1. The van der Waals surface area contributed by atoms with Gasteiger partial charge < -0.3 is 10.8 Å². The third-order valence-corrected chi connectivity index (χ3v) is 4.12. The number of aliphatic hydroxyl groups excluding tert-OH is 1. The van der Waals surface area contributed by atoms with E-state index in [0.29, 0.717) is 6.54 Å². The summed E-state index contributed by atoms with van der Waals surface area (Å²) in [6, 6.07) is 8.44. The summed E-state index contributed by atoms with van der Waals surface area (Å²) in [6.07, 6.45) is 7.22. The lowest BCUT2D eigenvalue weighted by Crippen LogP contribution is -2.38. The maximum absolute atomic E-state index is 9.82. The average molecular weight is 263 g/mol. The van der Waals surface area contributed by atoms with Gasteiger partial charge in [-0.25, -0.2) is 0 Å². The zero-order valence-corrected chi connectivity index (χ0v) is 12.5. The van der Waals surface area contributed by atoms with E-state index < -0.39 is 0 Å². The van der Waals surface area contributed by atoms with Crippen molar-refractivity contribution in [3.05, 3.63) is 35.4 Å². The molecule has 0 saturated carbocycles. The molecule has 0 amide bonds. The second-order valence-electron chi connectivity index (χ2n) is 5.67. The molecule has 0 aromatic heterocycles. The topological polar surface area (TPSA) is 46.2 Å². The first-order chi connectivity index (χ1) is 9.18. The van der Waals surface area contributed by atoms with Crippen molar-refractivity contribution in [3.8, 4) is 0 Å². The van der Waals surface area contributed by atoms with Crippen LogP contribution < -0.4 is 5.73 Å². The monoisotopic (exact) mass is 263 g/mol. The van der Waals surface area contributed by atoms with E-state index in [1.165, 1.54) is 36.8 Å². The highest BCUT2D eigenvalue weighted by Crippen LogP contribution is 2.29. The second-order valence-corrected chi connectivity index (χ2v) is 5.67. The Kier molecular flexibility index (Phi) is 7.11. The van der Waals surface area contributed by atoms with Gasteiger partial charge in [0, 0.05) is 12.0 Å². The minimum Gasteiger partial charge on any atom is -0.395 e. The van der Waals surface area contributed by atoms with Crippen LogP contribution in [0.4, 0.5) is 0 Å². The molecular weight excluding hydrogens is 234 g/mol. The van der Waals surface area contributed by atoms with Crippen molar-refractivity contribution < 1.29 is 5.11 Å². The molecule has 0 spiro atoms. The molecule has 1 unspecified atom stereocenters. The minimum atomic E-state index is -0.250. The summed E-state index contributed by atoms with van der Waals surface area (Å²) in [5, 5.41) is 9.82. The van der Waals surface area contributed by atoms with Crippen molar-refractivity contribution in [2.75, 3.05) is 13.2 Å². The Hall–Kier alpha value is -0.860. The predicted octanol–water partition coefficient (Wildman–Crippen LogP) is 3.54. The van der Waals surface area contributed by atoms with Crippen LogP contribution in [0, 0.1) is 6.92 Å². The molecule has 0 heterocycles. The molecule has 1 atom stereocenters. The summed E-state index contributed by atoms with van der Waals surface area (Å²) < 4.78 is 0. The fraction of sp³-hybridized carbons (Fsp3) is 0.647. The fourth-order valence-corrected chi connectivity index (χ4v) is 2.57. The van der Waals surface area contributed by atoms with Crippen LogP contribution in [0.5, 0.6) is 0 Å². The highest BCUT2D eigenvalue weighted by Gasteiger charge is 2.29. The van der Waals surface area contributed by atoms with Crippen molar-refractivity contribution in [1.82, 2.24) is 0 Å². The van der Waals surface area contributed by atoms with E-state index in [1.54, 1.807) is 0 Å². The number of benzene rings is 1. The standard InChI is InChI=1S/C17H29NO/c1-3-4-5-6-7-12-17(13-18,14-19)16-10-8-15(2)9-11-16/h8-11,19H,3-7,12-14,18H2,1-2H3. The first-order valence-corrected chi connectivity index (χ1v) is 7.56. The molecule has 19 heavy (non-hydrogen) atoms. The first-order valence-electron chi connectivity index (χ1n) is 7.56. The molecule has 1 aromatic carbocycles. The van der Waals surface area contributed by atoms with E-state index in [9.17, 15) is 5.11 Å². The van der Waals surface area contributed by atoms with E-state index in [2.05, 4.69) is 38.1 Å². The Morgan fingerprint density at radius 3 is 2.21 bits per heavy atom. The van der Waals surface area contributed by atoms with Gasteiger partial charge in [0.2, 0.25) is 0 Å². The summed E-state index contributed by atoms with van der Waals surface area (Å²) in [4.78, 5) is 0. The lowest BCUT2D eigenvalue weighted by molar-refractivity contribution is 0.184. The van der Waals surface area contributed by atoms with Gasteiger partial charge in [-0.2, -0.15) is 0 Å². The zero-order valence-electron chi connectivity index (χ0n) is 12.5. The smallest absolute Gasteiger partial charge is 0.0540 e. The second kappa shape index (κ2) is 8.34. The van der Waals surface area contributed by atoms with Crippen LogP contribution in [0.3, 0.4) is 0 Å². The SMILES string of the molecule is CCCCCCCC(CN)(CO)c1ccc(C)cc1. The molecule has 0 aliphatic carbocycles. The Morgan fingerprint density at radius 1 is 1.05 bits per heavy atom. The van der Waals surface area contributed by atoms with Crippen molar-refractivity contribution in [1.29, 1.82) is 0 Å². The maximum atomic E-state index is 9.82. The summed E-state index contributed by atoms with van der Waals surface area (Å²) in [6.45, 7) is 4.96. The van der Waals surface area contributed by atoms with Crippen LogP contribution >= 0.6 is 0 Å². The quantitative estimate of drug-likeness (QED) is 0.669. The highest BCUT2D eigenvalue weighted by atomic mass is 16.3. The van der Waals surface area contributed by atoms with Crippen molar-refractivity contribution >= 4 is 0 Å². The normalized spacial score (nSPS) is 14.3. The lowest BCUT2D eigenvalue weighted by Gasteiger charge is -2.31. The molecule has 0 fully saturated rings. The van der Waals surface area contributed by atoms with Gasteiger partial charge in [0.05, 0.1) is 6.61 Å². The molecule has 0 aliphatic rings. The predicted molar refractivity (Wildman–Crippen MR) is 82.4 cm³/mol. The molecule has 0 bridgehead atoms. The van der Waals surface area contributed by atoms with Crippen LogP contribution in [0.25, 0.3) is 0 Å². The van der Waals surface area contributed by atoms with Gasteiger partial charge in [-0.3, -0.25) is 0 Å². The Morgan fingerprint density at radius 2 is 1.68 bits per heavy atom. The average Bonchev–Trinajstić information content (AvgIpc) is 2.45. The third kappa shape index (κ3) is 4.63. The molecule has 0 aliphatic heterocycles. The van der Waals surface area contributed by atoms with Crippen molar-refractivity contribution in [3.63, 3.8) is 0 Å². The van der Waals surface area contributed by atoms with Crippen molar-refractivity contribution in [2.45, 2.75) is 57.8 Å². The van der Waals surface area contributed by atoms with E-state index in [-0.39, 0.29) is 12.0 Å². The Labute approximate surface area is 118 Å². The lowest BCUT2D eigenvalue weighted by atomic mass is 9.76. The Balaban J connectivity index is 2.65. The molecule has 3 N–H and O–H groups in total. The van der Waals surface area contributed by atoms with Crippen molar-refractivity contribution in [2.24, 2.45) is 5.73 Å². The number of aliphatic hydroxyl groups is 1. The maximum Gasteiger partial charge on any atom is 0.0540 e. The van der Waals surface area contributed by atoms with E-state index in [0.717, 1.165) is 12.8 Å². The van der Waals surface area contributed by atoms with Gasteiger partial charge in [0.1, 0.15) is 0 Å². The minimum absolute atomic E-state index is 0.139. The third-order valence-electron chi connectivity index (χ3n) is 4.12. The summed E-state index contributed by atoms with van der Waals surface area (Å²) >= 11 is 0. The van der Waals surface area contributed by atoms with E-state index >= 15 is 0 Å². The fourth-order valence-electron chi connectivity index (χ4n) is 2.57. The van der Waals surface area contributed by atoms with Gasteiger partial charge in [-0.1, -0.05) is 68.9 Å². The zero-order chi connectivity index (χ0) is 14.1. The number of rotatable bonds is 9. The van der Waals surface area contributed by atoms with E-state index in [1.807, 2.05) is 0 Å². The van der Waals surface area contributed by atoms with Gasteiger partial charge in [0.15, 0.2) is 0 Å². The number of unbranched alkanes of at least 4 members (excludes halogenated alkanes) is 4. The van der Waals surface area contributed by atoms with Crippen LogP contribution in [0.15, 0.2) is 24.3 Å². The van der Waals surface area contributed by atoms with Gasteiger partial charge in [0.25, 0.3) is 0 Å². The summed E-state index contributed by atoms with van der Waals surface area (Å²) in [5.41, 5.74) is 8.14. The first kappa shape index (κ1) is 16.2.